The van der Waals surface area contributed by atoms with Crippen molar-refractivity contribution >= 4 is 5.97 Å². The van der Waals surface area contributed by atoms with Crippen LogP contribution in [0.5, 0.6) is 5.75 Å². The van der Waals surface area contributed by atoms with Crippen LogP contribution >= 0.6 is 0 Å². The lowest BCUT2D eigenvalue weighted by Gasteiger charge is -2.30. The Balaban J connectivity index is 3.01. The smallest absolute Gasteiger partial charge is 0.303 e. The van der Waals surface area contributed by atoms with Gasteiger partial charge in [0.25, 0.3) is 0 Å². The Bertz CT molecular complexity index is 360. The molecule has 0 aliphatic heterocycles. The number of hydrogen-bond donors (Lipinski definition) is 2. The molecule has 0 unspecified atom stereocenters. The fourth-order valence-corrected chi connectivity index (χ4v) is 1.81. The average molecular weight is 222 g/mol. The van der Waals surface area contributed by atoms with Crippen molar-refractivity contribution in [3.8, 4) is 5.75 Å². The molecule has 1 aromatic carbocycles. The fourth-order valence-electron chi connectivity index (χ4n) is 1.81. The summed E-state index contributed by atoms with van der Waals surface area (Å²) in [5.41, 5.74) is 0.836. The highest BCUT2D eigenvalue weighted by Gasteiger charge is 2.28. The van der Waals surface area contributed by atoms with Crippen molar-refractivity contribution in [3.63, 3.8) is 0 Å². The molecule has 0 spiro atoms. The van der Waals surface area contributed by atoms with E-state index in [2.05, 4.69) is 0 Å². The molecule has 1 atom stereocenters. The van der Waals surface area contributed by atoms with Gasteiger partial charge in [0, 0.05) is 0 Å². The number of phenolic OH excluding ortho intramolecular Hbond substituents is 1. The van der Waals surface area contributed by atoms with Crippen LogP contribution in [0.3, 0.4) is 0 Å². The maximum absolute atomic E-state index is 10.8. The van der Waals surface area contributed by atoms with E-state index < -0.39 is 5.97 Å². The number of aromatic hydroxyl groups is 1. The maximum atomic E-state index is 10.8. The van der Waals surface area contributed by atoms with Crippen molar-refractivity contribution in [2.45, 2.75) is 33.1 Å². The zero-order valence-electron chi connectivity index (χ0n) is 9.90. The summed E-state index contributed by atoms with van der Waals surface area (Å²) in [5.74, 6) is -0.648. The first-order chi connectivity index (χ1) is 7.30. The maximum Gasteiger partial charge on any atom is 0.303 e. The summed E-state index contributed by atoms with van der Waals surface area (Å²) in [4.78, 5) is 10.8. The topological polar surface area (TPSA) is 57.5 Å². The third kappa shape index (κ3) is 3.26. The number of phenols is 1. The fraction of sp³-hybridized carbons (Fsp3) is 0.462. The molecular weight excluding hydrogens is 204 g/mol. The predicted octanol–water partition coefficient (Wildman–Crippen LogP) is 3.00. The Hall–Kier alpha value is -1.51. The highest BCUT2D eigenvalue weighted by atomic mass is 16.4. The molecule has 0 aliphatic rings. The summed E-state index contributed by atoms with van der Waals surface area (Å²) < 4.78 is 0. The molecule has 88 valence electrons. The molecule has 0 aromatic heterocycles. The van der Waals surface area contributed by atoms with Gasteiger partial charge in [0.05, 0.1) is 6.42 Å². The second kappa shape index (κ2) is 4.56. The summed E-state index contributed by atoms with van der Waals surface area (Å²) in [6.07, 6.45) is 0.105. The minimum atomic E-state index is -0.798. The minimum absolute atomic E-state index is 0.0504. The van der Waals surface area contributed by atoms with Crippen LogP contribution in [0.4, 0.5) is 0 Å². The van der Waals surface area contributed by atoms with E-state index in [1.54, 1.807) is 24.3 Å². The summed E-state index contributed by atoms with van der Waals surface area (Å²) >= 11 is 0. The number of aliphatic carboxylic acids is 1. The third-order valence-corrected chi connectivity index (χ3v) is 2.72. The number of carbonyl (C=O) groups is 1. The van der Waals surface area contributed by atoms with Crippen LogP contribution in [0, 0.1) is 5.41 Å². The second-order valence-corrected chi connectivity index (χ2v) is 5.11. The first-order valence-corrected chi connectivity index (χ1v) is 5.31. The first-order valence-electron chi connectivity index (χ1n) is 5.31. The molecule has 2 N–H and O–H groups in total. The molecule has 0 radical (unpaired) electrons. The Morgan fingerprint density at radius 1 is 1.25 bits per heavy atom. The van der Waals surface area contributed by atoms with E-state index in [1.165, 1.54) is 0 Å². The molecule has 0 fully saturated rings. The number of hydrogen-bond acceptors (Lipinski definition) is 2. The van der Waals surface area contributed by atoms with Crippen LogP contribution < -0.4 is 0 Å². The molecule has 1 aromatic rings. The molecule has 0 aliphatic carbocycles. The Kier molecular flexibility index (Phi) is 3.58. The summed E-state index contributed by atoms with van der Waals surface area (Å²) in [5, 5.41) is 18.1. The predicted molar refractivity (Wildman–Crippen MR) is 62.6 cm³/mol. The van der Waals surface area contributed by atoms with Crippen LogP contribution in [0.25, 0.3) is 0 Å². The van der Waals surface area contributed by atoms with E-state index in [1.807, 2.05) is 20.8 Å². The van der Waals surface area contributed by atoms with E-state index in [0.29, 0.717) is 0 Å². The summed E-state index contributed by atoms with van der Waals surface area (Å²) in [6, 6.07) is 6.76. The Labute approximate surface area is 95.7 Å². The van der Waals surface area contributed by atoms with E-state index in [0.717, 1.165) is 5.56 Å². The SMILES string of the molecule is CC(C)(C)[C@H](CC(=O)O)c1ccc(O)cc1. The van der Waals surface area contributed by atoms with Crippen molar-refractivity contribution in [2.24, 2.45) is 5.41 Å². The molecule has 3 heteroatoms. The first kappa shape index (κ1) is 12.6. The number of carboxylic acids is 1. The third-order valence-electron chi connectivity index (χ3n) is 2.72. The van der Waals surface area contributed by atoms with Crippen molar-refractivity contribution < 1.29 is 15.0 Å². The normalized spacial score (nSPS) is 13.4. The lowest BCUT2D eigenvalue weighted by molar-refractivity contribution is -0.138. The van der Waals surface area contributed by atoms with Gasteiger partial charge in [-0.3, -0.25) is 4.79 Å². The summed E-state index contributed by atoms with van der Waals surface area (Å²) in [7, 11) is 0. The number of rotatable bonds is 3. The molecule has 0 bridgehead atoms. The van der Waals surface area contributed by atoms with Gasteiger partial charge in [-0.05, 0) is 29.0 Å². The van der Waals surface area contributed by atoms with Gasteiger partial charge >= 0.3 is 5.97 Å². The van der Waals surface area contributed by atoms with Crippen molar-refractivity contribution in [1.29, 1.82) is 0 Å². The van der Waals surface area contributed by atoms with Gasteiger partial charge in [0.1, 0.15) is 5.75 Å². The average Bonchev–Trinajstić information content (AvgIpc) is 2.14. The van der Waals surface area contributed by atoms with Crippen LogP contribution in [-0.4, -0.2) is 16.2 Å². The van der Waals surface area contributed by atoms with Gasteiger partial charge < -0.3 is 10.2 Å². The van der Waals surface area contributed by atoms with Gasteiger partial charge in [-0.1, -0.05) is 32.9 Å². The molecule has 16 heavy (non-hydrogen) atoms. The number of benzene rings is 1. The van der Waals surface area contributed by atoms with Gasteiger partial charge in [-0.25, -0.2) is 0 Å². The molecule has 0 saturated carbocycles. The highest BCUT2D eigenvalue weighted by molar-refractivity contribution is 5.68. The van der Waals surface area contributed by atoms with Crippen molar-refractivity contribution in [2.75, 3.05) is 0 Å². The van der Waals surface area contributed by atoms with E-state index in [9.17, 15) is 9.90 Å². The van der Waals surface area contributed by atoms with E-state index in [-0.39, 0.29) is 23.5 Å². The van der Waals surface area contributed by atoms with Gasteiger partial charge in [-0.2, -0.15) is 0 Å². The standard InChI is InChI=1S/C13H18O3/c1-13(2,3)11(8-12(15)16)9-4-6-10(14)7-5-9/h4-7,11,14H,8H2,1-3H3,(H,15,16)/t11-/m1/s1. The molecule has 0 heterocycles. The van der Waals surface area contributed by atoms with Crippen molar-refractivity contribution in [3.05, 3.63) is 29.8 Å². The molecule has 1 rings (SSSR count). The summed E-state index contributed by atoms with van der Waals surface area (Å²) in [6.45, 7) is 6.06. The zero-order valence-corrected chi connectivity index (χ0v) is 9.90. The largest absolute Gasteiger partial charge is 0.508 e. The number of carboxylic acid groups (broad SMARTS) is 1. The monoisotopic (exact) mass is 222 g/mol. The quantitative estimate of drug-likeness (QED) is 0.826. The highest BCUT2D eigenvalue weighted by Crippen LogP contribution is 2.38. The van der Waals surface area contributed by atoms with Crippen LogP contribution in [0.15, 0.2) is 24.3 Å². The van der Waals surface area contributed by atoms with Crippen LogP contribution in [0.2, 0.25) is 0 Å². The lowest BCUT2D eigenvalue weighted by Crippen LogP contribution is -2.21. The molecule has 0 amide bonds. The zero-order chi connectivity index (χ0) is 12.3. The minimum Gasteiger partial charge on any atom is -0.508 e. The Morgan fingerprint density at radius 3 is 2.12 bits per heavy atom. The van der Waals surface area contributed by atoms with Gasteiger partial charge in [0.15, 0.2) is 0 Å². The van der Waals surface area contributed by atoms with Gasteiger partial charge in [-0.15, -0.1) is 0 Å². The van der Waals surface area contributed by atoms with E-state index >= 15 is 0 Å². The second-order valence-electron chi connectivity index (χ2n) is 5.11. The molecule has 3 nitrogen and oxygen atoms in total. The molecule has 0 saturated heterocycles. The van der Waals surface area contributed by atoms with Crippen LogP contribution in [0.1, 0.15) is 38.7 Å². The molecular formula is C13H18O3. The Morgan fingerprint density at radius 2 is 1.75 bits per heavy atom. The van der Waals surface area contributed by atoms with E-state index in [4.69, 9.17) is 5.11 Å². The van der Waals surface area contributed by atoms with Crippen LogP contribution in [-0.2, 0) is 4.79 Å². The van der Waals surface area contributed by atoms with Gasteiger partial charge in [0.2, 0.25) is 0 Å². The van der Waals surface area contributed by atoms with Crippen molar-refractivity contribution in [1.82, 2.24) is 0 Å². The lowest BCUT2D eigenvalue weighted by atomic mass is 9.74.